The minimum Gasteiger partial charge on any atom is -0.340 e. The first kappa shape index (κ1) is 14.4. The van der Waals surface area contributed by atoms with E-state index in [4.69, 9.17) is 12.2 Å². The van der Waals surface area contributed by atoms with Gasteiger partial charge in [-0.05, 0) is 19.1 Å². The topological polar surface area (TPSA) is 78.9 Å². The third kappa shape index (κ3) is 3.28. The Bertz CT molecular complexity index is 626. The molecule has 2 aromatic rings. The molecule has 0 aliphatic heterocycles. The fourth-order valence-corrected chi connectivity index (χ4v) is 2.73. The van der Waals surface area contributed by atoms with Crippen molar-refractivity contribution in [3.05, 3.63) is 35.1 Å². The van der Waals surface area contributed by atoms with Crippen LogP contribution in [0.1, 0.15) is 10.6 Å². The van der Waals surface area contributed by atoms with Crippen LogP contribution in [-0.2, 0) is 0 Å². The van der Waals surface area contributed by atoms with E-state index < -0.39 is 0 Å². The number of thiocarbonyl (C=S) groups is 1. The fourth-order valence-electron chi connectivity index (χ4n) is 1.45. The predicted octanol–water partition coefficient (Wildman–Crippen LogP) is 1.62. The van der Waals surface area contributed by atoms with Gasteiger partial charge in [0.25, 0.3) is 0 Å². The normalized spacial score (nSPS) is 9.90. The smallest absolute Gasteiger partial charge is 0.333 e. The lowest BCUT2D eigenvalue weighted by Crippen LogP contribution is -2.45. The van der Waals surface area contributed by atoms with Gasteiger partial charge in [0.1, 0.15) is 10.00 Å². The van der Waals surface area contributed by atoms with Crippen molar-refractivity contribution in [1.29, 1.82) is 0 Å². The lowest BCUT2D eigenvalue weighted by atomic mass is 10.3. The van der Waals surface area contributed by atoms with Gasteiger partial charge in [0.15, 0.2) is 0 Å². The molecule has 0 saturated carbocycles. The number of urea groups is 1. The highest BCUT2D eigenvalue weighted by Crippen LogP contribution is 2.27. The summed E-state index contributed by atoms with van der Waals surface area (Å²) in [4.78, 5) is 20.9. The summed E-state index contributed by atoms with van der Waals surface area (Å²) in [5.74, 6) is 0. The van der Waals surface area contributed by atoms with Gasteiger partial charge in [-0.3, -0.25) is 15.8 Å². The van der Waals surface area contributed by atoms with Crippen molar-refractivity contribution in [2.45, 2.75) is 6.92 Å². The zero-order chi connectivity index (χ0) is 14.5. The molecule has 20 heavy (non-hydrogen) atoms. The quantitative estimate of drug-likeness (QED) is 0.580. The SMILES string of the molecule is CNC(=O)NNC(=S)c1sc(-c2cccnc2)nc1C. The van der Waals surface area contributed by atoms with Gasteiger partial charge in [0.05, 0.1) is 10.6 Å². The Morgan fingerprint density at radius 1 is 1.40 bits per heavy atom. The largest absolute Gasteiger partial charge is 0.340 e. The van der Waals surface area contributed by atoms with Crippen molar-refractivity contribution in [1.82, 2.24) is 26.1 Å². The lowest BCUT2D eigenvalue weighted by Gasteiger charge is -2.07. The molecule has 0 radical (unpaired) electrons. The number of hydrogen-bond donors (Lipinski definition) is 3. The van der Waals surface area contributed by atoms with Crippen LogP contribution in [0.3, 0.4) is 0 Å². The van der Waals surface area contributed by atoms with E-state index in [1.54, 1.807) is 12.4 Å². The van der Waals surface area contributed by atoms with Crippen LogP contribution in [0, 0.1) is 6.92 Å². The zero-order valence-electron chi connectivity index (χ0n) is 10.9. The zero-order valence-corrected chi connectivity index (χ0v) is 12.6. The van der Waals surface area contributed by atoms with Crippen LogP contribution in [0.25, 0.3) is 10.6 Å². The maximum atomic E-state index is 11.1. The van der Waals surface area contributed by atoms with E-state index in [0.29, 0.717) is 4.99 Å². The van der Waals surface area contributed by atoms with Crippen LogP contribution in [0.5, 0.6) is 0 Å². The first-order valence-electron chi connectivity index (χ1n) is 5.77. The summed E-state index contributed by atoms with van der Waals surface area (Å²) in [7, 11) is 1.53. The molecule has 3 N–H and O–H groups in total. The molecule has 2 heterocycles. The molecule has 0 saturated heterocycles. The highest BCUT2D eigenvalue weighted by molar-refractivity contribution is 7.81. The third-order valence-electron chi connectivity index (χ3n) is 2.43. The molecule has 0 aromatic carbocycles. The van der Waals surface area contributed by atoms with E-state index in [-0.39, 0.29) is 6.03 Å². The van der Waals surface area contributed by atoms with Crippen LogP contribution in [0.2, 0.25) is 0 Å². The number of aryl methyl sites for hydroxylation is 1. The molecular weight excluding hydrogens is 294 g/mol. The van der Waals surface area contributed by atoms with Gasteiger partial charge in [-0.25, -0.2) is 9.78 Å². The Morgan fingerprint density at radius 2 is 2.20 bits per heavy atom. The number of hydrogen-bond acceptors (Lipinski definition) is 5. The molecule has 0 fully saturated rings. The Balaban J connectivity index is 2.15. The summed E-state index contributed by atoms with van der Waals surface area (Å²) in [6.07, 6.45) is 3.46. The van der Waals surface area contributed by atoms with E-state index in [1.165, 1.54) is 18.4 Å². The monoisotopic (exact) mass is 307 g/mol. The summed E-state index contributed by atoms with van der Waals surface area (Å²) < 4.78 is 0. The second kappa shape index (κ2) is 6.40. The molecule has 104 valence electrons. The first-order chi connectivity index (χ1) is 9.61. The van der Waals surface area contributed by atoms with Crippen molar-refractivity contribution in [2.24, 2.45) is 0 Å². The lowest BCUT2D eigenvalue weighted by molar-refractivity contribution is 0.241. The molecule has 0 aliphatic carbocycles. The van der Waals surface area contributed by atoms with E-state index >= 15 is 0 Å². The number of pyridine rings is 1. The predicted molar refractivity (Wildman–Crippen MR) is 82.5 cm³/mol. The van der Waals surface area contributed by atoms with Gasteiger partial charge in [-0.1, -0.05) is 12.2 Å². The third-order valence-corrected chi connectivity index (χ3v) is 4.09. The number of amides is 2. The average molecular weight is 307 g/mol. The minimum atomic E-state index is -0.359. The van der Waals surface area contributed by atoms with Crippen LogP contribution in [0.15, 0.2) is 24.5 Å². The number of aromatic nitrogens is 2. The highest BCUT2D eigenvalue weighted by atomic mass is 32.1. The van der Waals surface area contributed by atoms with E-state index in [0.717, 1.165) is 21.1 Å². The van der Waals surface area contributed by atoms with Gasteiger partial charge in [0.2, 0.25) is 0 Å². The summed E-state index contributed by atoms with van der Waals surface area (Å²) in [6.45, 7) is 1.87. The maximum Gasteiger partial charge on any atom is 0.333 e. The van der Waals surface area contributed by atoms with Crippen molar-refractivity contribution in [3.63, 3.8) is 0 Å². The maximum absolute atomic E-state index is 11.1. The van der Waals surface area contributed by atoms with Crippen molar-refractivity contribution >= 4 is 34.6 Å². The number of thiazole rings is 1. The molecule has 8 heteroatoms. The molecule has 2 aromatic heterocycles. The molecule has 0 unspecified atom stereocenters. The van der Waals surface area contributed by atoms with Crippen LogP contribution in [0.4, 0.5) is 4.79 Å². The molecule has 2 amide bonds. The summed E-state index contributed by atoms with van der Waals surface area (Å²) in [5.41, 5.74) is 6.86. The minimum absolute atomic E-state index is 0.359. The van der Waals surface area contributed by atoms with Gasteiger partial charge in [-0.15, -0.1) is 11.3 Å². The van der Waals surface area contributed by atoms with Crippen molar-refractivity contribution in [2.75, 3.05) is 7.05 Å². The number of carbonyl (C=O) groups excluding carboxylic acids is 1. The number of nitrogens with zero attached hydrogens (tertiary/aromatic N) is 2. The van der Waals surface area contributed by atoms with Crippen LogP contribution >= 0.6 is 23.6 Å². The number of carbonyl (C=O) groups is 1. The highest BCUT2D eigenvalue weighted by Gasteiger charge is 2.13. The van der Waals surface area contributed by atoms with Crippen molar-refractivity contribution < 1.29 is 4.79 Å². The van der Waals surface area contributed by atoms with Crippen LogP contribution < -0.4 is 16.2 Å². The van der Waals surface area contributed by atoms with Crippen LogP contribution in [-0.4, -0.2) is 28.0 Å². The standard InChI is InChI=1S/C12H13N5OS2/c1-7-9(10(19)16-17-12(18)13-2)20-11(15-7)8-4-3-5-14-6-8/h3-6H,1-2H3,(H,16,19)(H2,13,17,18). The second-order valence-corrected chi connectivity index (χ2v) is 5.24. The summed E-state index contributed by atoms with van der Waals surface area (Å²) >= 11 is 6.69. The van der Waals surface area contributed by atoms with E-state index in [2.05, 4.69) is 26.1 Å². The molecule has 0 spiro atoms. The molecule has 2 rings (SSSR count). The number of rotatable bonds is 2. The average Bonchev–Trinajstić information content (AvgIpc) is 2.87. The molecular formula is C12H13N5OS2. The Labute approximate surface area is 125 Å². The van der Waals surface area contributed by atoms with Gasteiger partial charge in [0, 0.05) is 25.0 Å². The molecule has 0 aliphatic rings. The molecule has 6 nitrogen and oxygen atoms in total. The van der Waals surface area contributed by atoms with Gasteiger partial charge in [-0.2, -0.15) is 0 Å². The van der Waals surface area contributed by atoms with Gasteiger partial charge >= 0.3 is 6.03 Å². The second-order valence-electron chi connectivity index (χ2n) is 3.83. The summed E-state index contributed by atoms with van der Waals surface area (Å²) in [5, 5.41) is 3.27. The molecule has 0 bridgehead atoms. The van der Waals surface area contributed by atoms with E-state index in [9.17, 15) is 4.79 Å². The Kier molecular flexibility index (Phi) is 4.59. The Morgan fingerprint density at radius 3 is 2.85 bits per heavy atom. The summed E-state index contributed by atoms with van der Waals surface area (Å²) in [6, 6.07) is 3.44. The Hall–Kier alpha value is -2.06. The molecule has 0 atom stereocenters. The number of hydrazine groups is 1. The first-order valence-corrected chi connectivity index (χ1v) is 7.00. The van der Waals surface area contributed by atoms with Crippen molar-refractivity contribution in [3.8, 4) is 10.6 Å². The number of nitrogens with one attached hydrogen (secondary N) is 3. The fraction of sp³-hybridized carbons (Fsp3) is 0.167. The van der Waals surface area contributed by atoms with Gasteiger partial charge < -0.3 is 5.32 Å². The van der Waals surface area contributed by atoms with E-state index in [1.807, 2.05) is 19.1 Å².